The molecule has 148 valence electrons. The smallest absolute Gasteiger partial charge is 0.408 e. The Labute approximate surface area is 162 Å². The number of nitrogens with zero attached hydrogens (tertiary/aromatic N) is 4. The van der Waals surface area contributed by atoms with Gasteiger partial charge in [-0.2, -0.15) is 4.98 Å². The number of carbonyl (C=O) groups is 1. The van der Waals surface area contributed by atoms with E-state index in [0.717, 1.165) is 25.7 Å². The molecule has 1 aliphatic carbocycles. The quantitative estimate of drug-likeness (QED) is 0.788. The van der Waals surface area contributed by atoms with Gasteiger partial charge in [0.2, 0.25) is 5.28 Å². The SMILES string of the molecule is Cn1c(=O)n(C2CCC(C)(NC(=O)OC(C)(C)C)CC2)c2nc(Cl)ncc21. The van der Waals surface area contributed by atoms with Crippen LogP contribution in [0.15, 0.2) is 11.0 Å². The van der Waals surface area contributed by atoms with Crippen molar-refractivity contribution >= 4 is 28.9 Å². The van der Waals surface area contributed by atoms with Crippen molar-refractivity contribution in [3.05, 3.63) is 22.0 Å². The molecule has 0 spiro atoms. The molecule has 0 saturated heterocycles. The zero-order valence-electron chi connectivity index (χ0n) is 16.4. The maximum atomic E-state index is 12.7. The van der Waals surface area contributed by atoms with Crippen LogP contribution in [0.2, 0.25) is 5.28 Å². The van der Waals surface area contributed by atoms with E-state index in [-0.39, 0.29) is 22.6 Å². The third kappa shape index (κ3) is 4.10. The lowest BCUT2D eigenvalue weighted by molar-refractivity contribution is 0.0427. The van der Waals surface area contributed by atoms with Crippen LogP contribution < -0.4 is 11.0 Å². The van der Waals surface area contributed by atoms with Gasteiger partial charge < -0.3 is 10.1 Å². The summed E-state index contributed by atoms with van der Waals surface area (Å²) in [5.74, 6) is 0. The topological polar surface area (TPSA) is 91.0 Å². The van der Waals surface area contributed by atoms with Gasteiger partial charge in [-0.1, -0.05) is 0 Å². The van der Waals surface area contributed by atoms with Crippen molar-refractivity contribution < 1.29 is 9.53 Å². The number of rotatable bonds is 2. The molecular weight excluding hydrogens is 370 g/mol. The van der Waals surface area contributed by atoms with Crippen LogP contribution in [-0.4, -0.2) is 36.3 Å². The lowest BCUT2D eigenvalue weighted by atomic mass is 9.81. The number of hydrogen-bond acceptors (Lipinski definition) is 5. The molecule has 2 aromatic rings. The van der Waals surface area contributed by atoms with Crippen LogP contribution in [0.25, 0.3) is 11.2 Å². The predicted octanol–water partition coefficient (Wildman–Crippen LogP) is 3.18. The molecule has 0 aromatic carbocycles. The van der Waals surface area contributed by atoms with E-state index >= 15 is 0 Å². The Morgan fingerprint density at radius 1 is 1.37 bits per heavy atom. The fourth-order valence-electron chi connectivity index (χ4n) is 3.62. The number of fused-ring (bicyclic) bond motifs is 1. The second-order valence-corrected chi connectivity index (χ2v) is 8.82. The molecule has 1 N–H and O–H groups in total. The van der Waals surface area contributed by atoms with Gasteiger partial charge in [-0.05, 0) is 65.0 Å². The molecule has 0 atom stereocenters. The van der Waals surface area contributed by atoms with Crippen LogP contribution in [0, 0.1) is 0 Å². The molecule has 0 bridgehead atoms. The zero-order chi connectivity index (χ0) is 20.0. The van der Waals surface area contributed by atoms with Crippen molar-refractivity contribution in [2.75, 3.05) is 0 Å². The predicted molar refractivity (Wildman–Crippen MR) is 103 cm³/mol. The highest BCUT2D eigenvalue weighted by Crippen LogP contribution is 2.35. The highest BCUT2D eigenvalue weighted by atomic mass is 35.5. The minimum Gasteiger partial charge on any atom is -0.444 e. The van der Waals surface area contributed by atoms with Gasteiger partial charge in [0.15, 0.2) is 5.65 Å². The van der Waals surface area contributed by atoms with Crippen molar-refractivity contribution in [3.8, 4) is 0 Å². The number of aromatic nitrogens is 4. The molecule has 1 aliphatic rings. The third-order valence-electron chi connectivity index (χ3n) is 5.03. The van der Waals surface area contributed by atoms with Crippen LogP contribution in [0.4, 0.5) is 4.79 Å². The largest absolute Gasteiger partial charge is 0.444 e. The van der Waals surface area contributed by atoms with Gasteiger partial charge >= 0.3 is 11.8 Å². The average molecular weight is 396 g/mol. The Hall–Kier alpha value is -2.09. The van der Waals surface area contributed by atoms with Crippen LogP contribution in [0.1, 0.15) is 59.4 Å². The third-order valence-corrected chi connectivity index (χ3v) is 5.21. The summed E-state index contributed by atoms with van der Waals surface area (Å²) in [6.45, 7) is 7.53. The first-order valence-corrected chi connectivity index (χ1v) is 9.47. The Balaban J connectivity index is 1.77. The molecule has 3 rings (SSSR count). The number of ether oxygens (including phenoxy) is 1. The van der Waals surface area contributed by atoms with Crippen LogP contribution in [-0.2, 0) is 11.8 Å². The van der Waals surface area contributed by atoms with E-state index in [2.05, 4.69) is 15.3 Å². The lowest BCUT2D eigenvalue weighted by Crippen LogP contribution is -2.50. The van der Waals surface area contributed by atoms with Gasteiger partial charge in [0.05, 0.1) is 6.20 Å². The number of hydrogen-bond donors (Lipinski definition) is 1. The van der Waals surface area contributed by atoms with E-state index in [4.69, 9.17) is 16.3 Å². The van der Waals surface area contributed by atoms with Crippen molar-refractivity contribution in [1.29, 1.82) is 0 Å². The fraction of sp³-hybridized carbons (Fsp3) is 0.667. The second kappa shape index (κ2) is 6.82. The number of nitrogens with one attached hydrogen (secondary N) is 1. The zero-order valence-corrected chi connectivity index (χ0v) is 17.1. The summed E-state index contributed by atoms with van der Waals surface area (Å²) in [6, 6.07) is 0.000628. The summed E-state index contributed by atoms with van der Waals surface area (Å²) in [5, 5.41) is 3.11. The van der Waals surface area contributed by atoms with E-state index in [1.165, 1.54) is 0 Å². The lowest BCUT2D eigenvalue weighted by Gasteiger charge is -2.38. The number of carbonyl (C=O) groups excluding carboxylic acids is 1. The second-order valence-electron chi connectivity index (χ2n) is 8.48. The van der Waals surface area contributed by atoms with Gasteiger partial charge in [-0.25, -0.2) is 14.6 Å². The van der Waals surface area contributed by atoms with Crippen molar-refractivity contribution in [2.24, 2.45) is 7.05 Å². The molecule has 0 unspecified atom stereocenters. The molecule has 1 fully saturated rings. The average Bonchev–Trinajstić information content (AvgIpc) is 2.77. The molecule has 1 amide bonds. The maximum Gasteiger partial charge on any atom is 0.408 e. The van der Waals surface area contributed by atoms with E-state index in [1.807, 2.05) is 27.7 Å². The van der Waals surface area contributed by atoms with E-state index in [0.29, 0.717) is 11.2 Å². The Morgan fingerprint density at radius 2 is 2.00 bits per heavy atom. The van der Waals surface area contributed by atoms with Crippen LogP contribution in [0.5, 0.6) is 0 Å². The van der Waals surface area contributed by atoms with E-state index in [9.17, 15) is 9.59 Å². The Bertz CT molecular complexity index is 919. The number of aryl methyl sites for hydroxylation is 1. The minimum absolute atomic E-state index is 0.000628. The first-order valence-electron chi connectivity index (χ1n) is 9.10. The number of alkyl carbamates (subject to hydrolysis) is 1. The number of amides is 1. The first-order chi connectivity index (χ1) is 12.5. The monoisotopic (exact) mass is 395 g/mol. The molecule has 2 aromatic heterocycles. The number of imidazole rings is 1. The molecule has 2 heterocycles. The Kier molecular flexibility index (Phi) is 4.96. The van der Waals surface area contributed by atoms with Gasteiger partial charge in [0, 0.05) is 18.6 Å². The fourth-order valence-corrected chi connectivity index (χ4v) is 3.75. The summed E-state index contributed by atoms with van der Waals surface area (Å²) < 4.78 is 8.61. The van der Waals surface area contributed by atoms with E-state index < -0.39 is 11.7 Å². The van der Waals surface area contributed by atoms with Gasteiger partial charge in [-0.3, -0.25) is 9.13 Å². The highest BCUT2D eigenvalue weighted by Gasteiger charge is 2.35. The van der Waals surface area contributed by atoms with Crippen molar-refractivity contribution in [2.45, 2.75) is 70.6 Å². The Morgan fingerprint density at radius 3 is 2.59 bits per heavy atom. The van der Waals surface area contributed by atoms with Crippen LogP contribution >= 0.6 is 11.6 Å². The van der Waals surface area contributed by atoms with Crippen molar-refractivity contribution in [3.63, 3.8) is 0 Å². The molecule has 9 heteroatoms. The normalized spacial score (nSPS) is 23.4. The minimum atomic E-state index is -0.535. The van der Waals surface area contributed by atoms with Crippen LogP contribution in [0.3, 0.4) is 0 Å². The summed E-state index contributed by atoms with van der Waals surface area (Å²) in [6.07, 6.45) is 4.11. The van der Waals surface area contributed by atoms with Gasteiger partial charge in [-0.15, -0.1) is 0 Å². The molecule has 1 saturated carbocycles. The molecular formula is C18H26ClN5O3. The summed E-state index contributed by atoms with van der Waals surface area (Å²) >= 11 is 5.94. The van der Waals surface area contributed by atoms with Gasteiger partial charge in [0.1, 0.15) is 11.1 Å². The standard InChI is InChI=1S/C18H26ClN5O3/c1-17(2,3)27-15(25)22-18(4)8-6-11(7-9-18)24-13-12(23(5)16(24)26)10-20-14(19)21-13/h10-11H,6-9H2,1-5H3,(H,22,25). The first kappa shape index (κ1) is 19.7. The molecule has 0 aliphatic heterocycles. The van der Waals surface area contributed by atoms with Crippen molar-refractivity contribution in [1.82, 2.24) is 24.4 Å². The summed E-state index contributed by atoms with van der Waals surface area (Å²) in [7, 11) is 1.70. The van der Waals surface area contributed by atoms with E-state index in [1.54, 1.807) is 22.4 Å². The highest BCUT2D eigenvalue weighted by molar-refractivity contribution is 6.28. The number of halogens is 1. The molecule has 8 nitrogen and oxygen atoms in total. The summed E-state index contributed by atoms with van der Waals surface area (Å²) in [5.41, 5.74) is 0.183. The van der Waals surface area contributed by atoms with Gasteiger partial charge in [0.25, 0.3) is 0 Å². The molecule has 27 heavy (non-hydrogen) atoms. The maximum absolute atomic E-state index is 12.7. The summed E-state index contributed by atoms with van der Waals surface area (Å²) in [4.78, 5) is 33.1. The molecule has 0 radical (unpaired) electrons.